The molecule has 6 heteroatoms. The molecule has 0 fully saturated rings. The smallest absolute Gasteiger partial charge is 0.305 e. The summed E-state index contributed by atoms with van der Waals surface area (Å²) in [5.74, 6) is -1.54. The first-order valence-electron chi connectivity index (χ1n) is 4.22. The molecule has 0 amide bonds. The van der Waals surface area contributed by atoms with Gasteiger partial charge in [-0.1, -0.05) is 0 Å². The SMILES string of the molecule is O=C(O)CCCC(=O)OCC(O)CO. The maximum absolute atomic E-state index is 10.8. The Hall–Kier alpha value is -1.14. The highest BCUT2D eigenvalue weighted by Gasteiger charge is 2.08. The number of ether oxygens (including phenoxy) is 1. The minimum absolute atomic E-state index is 0.00441. The first-order chi connectivity index (χ1) is 6.56. The lowest BCUT2D eigenvalue weighted by Crippen LogP contribution is -2.21. The number of carbonyl (C=O) groups is 2. The van der Waals surface area contributed by atoms with Crippen molar-refractivity contribution in [1.29, 1.82) is 0 Å². The van der Waals surface area contributed by atoms with Crippen LogP contribution in [0.1, 0.15) is 19.3 Å². The molecule has 6 nitrogen and oxygen atoms in total. The maximum Gasteiger partial charge on any atom is 0.305 e. The molecule has 0 aromatic carbocycles. The number of rotatable bonds is 7. The fourth-order valence-corrected chi connectivity index (χ4v) is 0.698. The zero-order valence-corrected chi connectivity index (χ0v) is 7.68. The minimum atomic E-state index is -1.07. The Morgan fingerprint density at radius 2 is 1.93 bits per heavy atom. The second kappa shape index (κ2) is 7.28. The van der Waals surface area contributed by atoms with Crippen LogP contribution >= 0.6 is 0 Å². The normalized spacial score (nSPS) is 12.1. The van der Waals surface area contributed by atoms with Crippen LogP contribution in [-0.4, -0.2) is 46.6 Å². The molecule has 0 aromatic heterocycles. The second-order valence-corrected chi connectivity index (χ2v) is 2.77. The van der Waals surface area contributed by atoms with E-state index in [1.807, 2.05) is 0 Å². The van der Waals surface area contributed by atoms with E-state index in [0.717, 1.165) is 0 Å². The lowest BCUT2D eigenvalue weighted by atomic mass is 10.2. The third kappa shape index (κ3) is 7.51. The zero-order valence-electron chi connectivity index (χ0n) is 7.68. The van der Waals surface area contributed by atoms with E-state index < -0.39 is 24.6 Å². The Morgan fingerprint density at radius 3 is 2.43 bits per heavy atom. The summed E-state index contributed by atoms with van der Waals surface area (Å²) in [5.41, 5.74) is 0. The molecule has 0 aromatic rings. The van der Waals surface area contributed by atoms with E-state index in [4.69, 9.17) is 15.3 Å². The van der Waals surface area contributed by atoms with Gasteiger partial charge in [0.15, 0.2) is 0 Å². The summed E-state index contributed by atoms with van der Waals surface area (Å²) in [5, 5.41) is 25.4. The van der Waals surface area contributed by atoms with Gasteiger partial charge >= 0.3 is 11.9 Å². The monoisotopic (exact) mass is 206 g/mol. The lowest BCUT2D eigenvalue weighted by molar-refractivity contribution is -0.147. The molecular formula is C8H14O6. The van der Waals surface area contributed by atoms with Crippen molar-refractivity contribution in [3.8, 4) is 0 Å². The Balaban J connectivity index is 3.41. The van der Waals surface area contributed by atoms with Crippen molar-refractivity contribution in [2.45, 2.75) is 25.4 Å². The predicted molar refractivity (Wildman–Crippen MR) is 45.5 cm³/mol. The first kappa shape index (κ1) is 12.9. The summed E-state index contributed by atoms with van der Waals surface area (Å²) in [4.78, 5) is 20.9. The van der Waals surface area contributed by atoms with Gasteiger partial charge in [0, 0.05) is 12.8 Å². The molecule has 0 saturated carbocycles. The van der Waals surface area contributed by atoms with Gasteiger partial charge < -0.3 is 20.1 Å². The van der Waals surface area contributed by atoms with Crippen LogP contribution in [-0.2, 0) is 14.3 Å². The van der Waals surface area contributed by atoms with Crippen LogP contribution in [0.3, 0.4) is 0 Å². The molecule has 0 aliphatic heterocycles. The van der Waals surface area contributed by atoms with Gasteiger partial charge in [-0.3, -0.25) is 9.59 Å². The van der Waals surface area contributed by atoms with Crippen LogP contribution in [0, 0.1) is 0 Å². The summed E-state index contributed by atoms with van der Waals surface area (Å²) in [6, 6.07) is 0. The van der Waals surface area contributed by atoms with Crippen LogP contribution in [0.5, 0.6) is 0 Å². The van der Waals surface area contributed by atoms with Gasteiger partial charge in [-0.25, -0.2) is 0 Å². The van der Waals surface area contributed by atoms with Crippen LogP contribution < -0.4 is 0 Å². The van der Waals surface area contributed by atoms with Crippen LogP contribution in [0.4, 0.5) is 0 Å². The van der Waals surface area contributed by atoms with Crippen molar-refractivity contribution < 1.29 is 29.6 Å². The van der Waals surface area contributed by atoms with Gasteiger partial charge in [-0.2, -0.15) is 0 Å². The van der Waals surface area contributed by atoms with Crippen LogP contribution in [0.2, 0.25) is 0 Å². The topological polar surface area (TPSA) is 104 Å². The average molecular weight is 206 g/mol. The van der Waals surface area contributed by atoms with Crippen molar-refractivity contribution in [3.63, 3.8) is 0 Å². The summed E-state index contributed by atoms with van der Waals surface area (Å²) in [7, 11) is 0. The first-order valence-corrected chi connectivity index (χ1v) is 4.22. The van der Waals surface area contributed by atoms with E-state index in [-0.39, 0.29) is 25.9 Å². The molecule has 1 atom stereocenters. The minimum Gasteiger partial charge on any atom is -0.481 e. The molecule has 3 N–H and O–H groups in total. The summed E-state index contributed by atoms with van der Waals surface area (Å²) in [6.07, 6.45) is -0.940. The van der Waals surface area contributed by atoms with E-state index in [9.17, 15) is 9.59 Å². The van der Waals surface area contributed by atoms with E-state index in [1.165, 1.54) is 0 Å². The number of aliphatic hydroxyl groups excluding tert-OH is 2. The highest BCUT2D eigenvalue weighted by atomic mass is 16.5. The van der Waals surface area contributed by atoms with Crippen molar-refractivity contribution in [3.05, 3.63) is 0 Å². The molecule has 0 radical (unpaired) electrons. The molecule has 1 unspecified atom stereocenters. The molecule has 82 valence electrons. The quantitative estimate of drug-likeness (QED) is 0.468. The number of esters is 1. The number of hydrogen-bond acceptors (Lipinski definition) is 5. The lowest BCUT2D eigenvalue weighted by Gasteiger charge is -2.07. The van der Waals surface area contributed by atoms with Crippen molar-refractivity contribution >= 4 is 11.9 Å². The fourth-order valence-electron chi connectivity index (χ4n) is 0.698. The standard InChI is InChI=1S/C8H14O6/c9-4-6(10)5-14-8(13)3-1-2-7(11)12/h6,9-10H,1-5H2,(H,11,12). The number of aliphatic hydroxyl groups is 2. The molecule has 0 heterocycles. The zero-order chi connectivity index (χ0) is 11.0. The predicted octanol–water partition coefficient (Wildman–Crippen LogP) is -0.862. The highest BCUT2D eigenvalue weighted by molar-refractivity contribution is 5.71. The molecule has 0 aliphatic carbocycles. The van der Waals surface area contributed by atoms with E-state index >= 15 is 0 Å². The van der Waals surface area contributed by atoms with Crippen molar-refractivity contribution in [1.82, 2.24) is 0 Å². The average Bonchev–Trinajstić information content (AvgIpc) is 2.13. The Kier molecular flexibility index (Phi) is 6.69. The number of carboxylic acids is 1. The number of carboxylic acid groups (broad SMARTS) is 1. The van der Waals surface area contributed by atoms with Crippen LogP contribution in [0.25, 0.3) is 0 Å². The van der Waals surface area contributed by atoms with Gasteiger partial charge in [-0.15, -0.1) is 0 Å². The Morgan fingerprint density at radius 1 is 1.29 bits per heavy atom. The van der Waals surface area contributed by atoms with E-state index in [2.05, 4.69) is 4.74 Å². The highest BCUT2D eigenvalue weighted by Crippen LogP contribution is 1.98. The Bertz CT molecular complexity index is 190. The van der Waals surface area contributed by atoms with Gasteiger partial charge in [0.25, 0.3) is 0 Å². The maximum atomic E-state index is 10.8. The molecule has 14 heavy (non-hydrogen) atoms. The van der Waals surface area contributed by atoms with Gasteiger partial charge in [0.2, 0.25) is 0 Å². The van der Waals surface area contributed by atoms with Gasteiger partial charge in [0.1, 0.15) is 12.7 Å². The van der Waals surface area contributed by atoms with Gasteiger partial charge in [-0.05, 0) is 6.42 Å². The molecule has 0 saturated heterocycles. The number of carbonyl (C=O) groups excluding carboxylic acids is 1. The third-order valence-corrected chi connectivity index (χ3v) is 1.42. The largest absolute Gasteiger partial charge is 0.481 e. The number of hydrogen-bond donors (Lipinski definition) is 3. The van der Waals surface area contributed by atoms with Gasteiger partial charge in [0.05, 0.1) is 6.61 Å². The molecule has 0 aliphatic rings. The molecule has 0 rings (SSSR count). The van der Waals surface area contributed by atoms with Crippen molar-refractivity contribution in [2.75, 3.05) is 13.2 Å². The van der Waals surface area contributed by atoms with E-state index in [0.29, 0.717) is 0 Å². The van der Waals surface area contributed by atoms with Crippen molar-refractivity contribution in [2.24, 2.45) is 0 Å². The van der Waals surface area contributed by atoms with E-state index in [1.54, 1.807) is 0 Å². The Labute approximate surface area is 81.1 Å². The molecule has 0 spiro atoms. The third-order valence-electron chi connectivity index (χ3n) is 1.42. The van der Waals surface area contributed by atoms with Crippen LogP contribution in [0.15, 0.2) is 0 Å². The fraction of sp³-hybridized carbons (Fsp3) is 0.750. The summed E-state index contributed by atoms with van der Waals surface area (Å²) >= 11 is 0. The summed E-state index contributed by atoms with van der Waals surface area (Å²) in [6.45, 7) is -0.731. The second-order valence-electron chi connectivity index (χ2n) is 2.77. The molecular weight excluding hydrogens is 192 g/mol. The summed E-state index contributed by atoms with van der Waals surface area (Å²) < 4.78 is 4.53. The molecule has 0 bridgehead atoms. The number of aliphatic carboxylic acids is 1.